The van der Waals surface area contributed by atoms with E-state index >= 15 is 0 Å². The highest BCUT2D eigenvalue weighted by Gasteiger charge is 2.25. The fraction of sp³-hybridized carbons (Fsp3) is 0.559. The molecule has 0 spiro atoms. The summed E-state index contributed by atoms with van der Waals surface area (Å²) in [5, 5.41) is 7.43. The molecule has 0 unspecified atom stereocenters. The minimum absolute atomic E-state index is 0.339. The third kappa shape index (κ3) is 18.0. The van der Waals surface area contributed by atoms with E-state index < -0.39 is 12.3 Å². The standard InChI is InChI=1S/C68H94O6/c1-5-9-13-17-19-21-23-25-29-37-49-71-67(69)73-65-57-43-35-33-41-55(57)63(61-51-53(45-47-59(61)65)39-31-27-15-11-7-3)64-56-42-34-36-44-58(56)66(60-48-46-54(52-62(60)64)40-32-28-16-12-8-4)74-68(70)72-50-38-30-26-24-22-20-18-14-10-6-2/h33-36,41-48,51-52H,5-32,37-40,49-50H2,1-4H3. The Balaban J connectivity index is 1.36. The van der Waals surface area contributed by atoms with Crippen LogP contribution in [0.1, 0.15) is 231 Å². The highest BCUT2D eigenvalue weighted by Crippen LogP contribution is 2.50. The molecular formula is C68H94O6. The van der Waals surface area contributed by atoms with Gasteiger partial charge in [0.25, 0.3) is 0 Å². The Labute approximate surface area is 447 Å². The number of ether oxygens (including phenoxy) is 4. The van der Waals surface area contributed by atoms with Crippen LogP contribution >= 0.6 is 0 Å². The monoisotopic (exact) mass is 1010 g/mol. The summed E-state index contributed by atoms with van der Waals surface area (Å²) >= 11 is 0. The second-order valence-electron chi connectivity index (χ2n) is 21.4. The van der Waals surface area contributed by atoms with Crippen LogP contribution in [-0.2, 0) is 22.3 Å². The molecule has 0 saturated heterocycles. The molecule has 0 radical (unpaired) electrons. The summed E-state index contributed by atoms with van der Waals surface area (Å²) in [7, 11) is 0. The molecule has 6 rings (SSSR count). The van der Waals surface area contributed by atoms with Gasteiger partial charge in [0, 0.05) is 21.5 Å². The molecule has 402 valence electrons. The molecule has 0 fully saturated rings. The lowest BCUT2D eigenvalue weighted by atomic mass is 9.84. The van der Waals surface area contributed by atoms with Gasteiger partial charge in [0.2, 0.25) is 0 Å². The molecule has 0 heterocycles. The molecule has 0 N–H and O–H groups in total. The van der Waals surface area contributed by atoms with Gasteiger partial charge >= 0.3 is 12.3 Å². The third-order valence-corrected chi connectivity index (χ3v) is 15.3. The normalized spacial score (nSPS) is 11.6. The van der Waals surface area contributed by atoms with Gasteiger partial charge in [0.1, 0.15) is 11.5 Å². The van der Waals surface area contributed by atoms with Crippen molar-refractivity contribution in [2.24, 2.45) is 0 Å². The lowest BCUT2D eigenvalue weighted by molar-refractivity contribution is 0.0972. The van der Waals surface area contributed by atoms with Gasteiger partial charge in [0.15, 0.2) is 0 Å². The van der Waals surface area contributed by atoms with Crippen molar-refractivity contribution in [2.45, 2.75) is 233 Å². The number of benzene rings is 6. The van der Waals surface area contributed by atoms with Gasteiger partial charge < -0.3 is 18.9 Å². The van der Waals surface area contributed by atoms with Crippen molar-refractivity contribution in [1.29, 1.82) is 0 Å². The zero-order chi connectivity index (χ0) is 52.0. The quantitative estimate of drug-likeness (QED) is 0.0168. The Kier molecular flexibility index (Phi) is 26.5. The zero-order valence-electron chi connectivity index (χ0n) is 46.6. The average molecular weight is 1010 g/mol. The largest absolute Gasteiger partial charge is 0.513 e. The maximum Gasteiger partial charge on any atom is 0.513 e. The highest BCUT2D eigenvalue weighted by molar-refractivity contribution is 6.27. The fourth-order valence-electron chi connectivity index (χ4n) is 11.0. The van der Waals surface area contributed by atoms with E-state index in [9.17, 15) is 9.59 Å². The first-order valence-electron chi connectivity index (χ1n) is 30.1. The average Bonchev–Trinajstić information content (AvgIpc) is 3.42. The Morgan fingerprint density at radius 1 is 0.311 bits per heavy atom. The molecule has 6 heteroatoms. The first kappa shape index (κ1) is 58.2. The number of fused-ring (bicyclic) bond motifs is 4. The summed E-state index contributed by atoms with van der Waals surface area (Å²) in [5.74, 6) is 1.04. The summed E-state index contributed by atoms with van der Waals surface area (Å²) in [6, 6.07) is 30.1. The van der Waals surface area contributed by atoms with Crippen LogP contribution in [0.4, 0.5) is 9.59 Å². The van der Waals surface area contributed by atoms with Gasteiger partial charge in [-0.15, -0.1) is 0 Å². The maximum atomic E-state index is 13.7. The van der Waals surface area contributed by atoms with E-state index in [1.165, 1.54) is 152 Å². The van der Waals surface area contributed by atoms with Crippen molar-refractivity contribution in [2.75, 3.05) is 13.2 Å². The molecule has 0 aromatic heterocycles. The SMILES string of the molecule is CCCCCCCCCCCCOC(=O)Oc1c2ccccc2c(-c2c3ccccc3c(OC(=O)OCCCCCCCCCCCC)c3ccc(CCCCCCC)cc23)c2cc(CCCCCCC)ccc12. The molecular weight excluding hydrogens is 913 g/mol. The second-order valence-corrected chi connectivity index (χ2v) is 21.4. The Hall–Kier alpha value is -5.10. The van der Waals surface area contributed by atoms with E-state index in [-0.39, 0.29) is 0 Å². The molecule has 0 aliphatic heterocycles. The van der Waals surface area contributed by atoms with E-state index in [0.717, 1.165) is 118 Å². The van der Waals surface area contributed by atoms with Crippen LogP contribution in [0.3, 0.4) is 0 Å². The van der Waals surface area contributed by atoms with E-state index in [1.807, 2.05) is 12.1 Å². The Bertz CT molecular complexity index is 2410. The third-order valence-electron chi connectivity index (χ3n) is 15.3. The molecule has 0 aliphatic rings. The molecule has 0 atom stereocenters. The fourth-order valence-corrected chi connectivity index (χ4v) is 11.0. The van der Waals surface area contributed by atoms with E-state index in [2.05, 4.69) is 100 Å². The van der Waals surface area contributed by atoms with Crippen molar-refractivity contribution >= 4 is 55.4 Å². The molecule has 0 aliphatic carbocycles. The highest BCUT2D eigenvalue weighted by atomic mass is 16.7. The van der Waals surface area contributed by atoms with Gasteiger partial charge in [-0.05, 0) is 82.3 Å². The van der Waals surface area contributed by atoms with Gasteiger partial charge in [-0.3, -0.25) is 0 Å². The van der Waals surface area contributed by atoms with Crippen molar-refractivity contribution in [3.05, 3.63) is 96.1 Å². The van der Waals surface area contributed by atoms with Gasteiger partial charge in [-0.1, -0.05) is 280 Å². The van der Waals surface area contributed by atoms with Gasteiger partial charge in [0.05, 0.1) is 13.2 Å². The first-order valence-corrected chi connectivity index (χ1v) is 30.1. The summed E-state index contributed by atoms with van der Waals surface area (Å²) in [6.07, 6.45) is 36.8. The molecule has 6 aromatic carbocycles. The predicted molar refractivity (Wildman–Crippen MR) is 314 cm³/mol. The Morgan fingerprint density at radius 3 is 0.932 bits per heavy atom. The van der Waals surface area contributed by atoms with Crippen LogP contribution in [0.5, 0.6) is 11.5 Å². The van der Waals surface area contributed by atoms with Crippen LogP contribution in [0.15, 0.2) is 84.9 Å². The second kappa shape index (κ2) is 33.7. The molecule has 0 amide bonds. The lowest BCUT2D eigenvalue weighted by Gasteiger charge is -2.22. The topological polar surface area (TPSA) is 71.1 Å². The maximum absolute atomic E-state index is 13.7. The molecule has 74 heavy (non-hydrogen) atoms. The number of unbranched alkanes of at least 4 members (excludes halogenated alkanes) is 26. The summed E-state index contributed by atoms with van der Waals surface area (Å²) < 4.78 is 24.4. The number of aryl methyl sites for hydroxylation is 2. The zero-order valence-corrected chi connectivity index (χ0v) is 46.6. The van der Waals surface area contributed by atoms with E-state index in [4.69, 9.17) is 18.9 Å². The number of hydrogen-bond acceptors (Lipinski definition) is 6. The number of carbonyl (C=O) groups is 2. The van der Waals surface area contributed by atoms with Crippen LogP contribution < -0.4 is 9.47 Å². The van der Waals surface area contributed by atoms with E-state index in [0.29, 0.717) is 24.7 Å². The Morgan fingerprint density at radius 2 is 0.595 bits per heavy atom. The van der Waals surface area contributed by atoms with Crippen LogP contribution in [0.25, 0.3) is 54.2 Å². The van der Waals surface area contributed by atoms with Crippen molar-refractivity contribution in [3.8, 4) is 22.6 Å². The molecule has 0 saturated carbocycles. The summed E-state index contributed by atoms with van der Waals surface area (Å²) in [4.78, 5) is 27.5. The van der Waals surface area contributed by atoms with Gasteiger partial charge in [-0.25, -0.2) is 9.59 Å². The van der Waals surface area contributed by atoms with E-state index in [1.54, 1.807) is 0 Å². The minimum atomic E-state index is -0.666. The minimum Gasteiger partial charge on any atom is -0.434 e. The first-order chi connectivity index (χ1) is 36.5. The smallest absolute Gasteiger partial charge is 0.434 e. The van der Waals surface area contributed by atoms with Crippen molar-refractivity contribution < 1.29 is 28.5 Å². The number of rotatable bonds is 37. The van der Waals surface area contributed by atoms with Gasteiger partial charge in [-0.2, -0.15) is 0 Å². The lowest BCUT2D eigenvalue weighted by Crippen LogP contribution is -2.12. The molecule has 6 aromatic rings. The van der Waals surface area contributed by atoms with Crippen LogP contribution in [-0.4, -0.2) is 25.5 Å². The summed E-state index contributed by atoms with van der Waals surface area (Å²) in [5.41, 5.74) is 4.66. The number of hydrogen-bond donors (Lipinski definition) is 0. The predicted octanol–water partition coefficient (Wildman–Crippen LogP) is 21.9. The van der Waals surface area contributed by atoms with Crippen molar-refractivity contribution in [3.63, 3.8) is 0 Å². The van der Waals surface area contributed by atoms with Crippen LogP contribution in [0.2, 0.25) is 0 Å². The van der Waals surface area contributed by atoms with Crippen molar-refractivity contribution in [1.82, 2.24) is 0 Å². The number of carbonyl (C=O) groups excluding carboxylic acids is 2. The summed E-state index contributed by atoms with van der Waals surface area (Å²) in [6.45, 7) is 9.72. The van der Waals surface area contributed by atoms with Crippen LogP contribution in [0, 0.1) is 0 Å². The molecule has 6 nitrogen and oxygen atoms in total. The molecule has 0 bridgehead atoms.